The van der Waals surface area contributed by atoms with Crippen molar-refractivity contribution in [2.75, 3.05) is 11.9 Å². The van der Waals surface area contributed by atoms with Gasteiger partial charge in [0.2, 0.25) is 5.91 Å². The molecular weight excluding hydrogens is 372 g/mol. The largest absolute Gasteiger partial charge is 0.352 e. The maximum Gasteiger partial charge on any atom is 0.251 e. The molecule has 0 fully saturated rings. The molecule has 0 saturated carbocycles. The Hall–Kier alpha value is -2.33. The molecule has 0 aliphatic heterocycles. The van der Waals surface area contributed by atoms with E-state index in [0.717, 1.165) is 32.1 Å². The van der Waals surface area contributed by atoms with Gasteiger partial charge in [-0.1, -0.05) is 68.6 Å². The Labute approximate surface area is 172 Å². The Morgan fingerprint density at radius 2 is 1.82 bits per heavy atom. The summed E-state index contributed by atoms with van der Waals surface area (Å²) in [6.45, 7) is 4.67. The lowest BCUT2D eigenvalue weighted by molar-refractivity contribution is -0.120. The van der Waals surface area contributed by atoms with Crippen LogP contribution in [0.4, 0.5) is 5.69 Å². The number of hydrogen-bond acceptors (Lipinski definition) is 2. The molecule has 0 saturated heterocycles. The van der Waals surface area contributed by atoms with Gasteiger partial charge < -0.3 is 10.6 Å². The zero-order chi connectivity index (χ0) is 20.4. The van der Waals surface area contributed by atoms with Gasteiger partial charge in [-0.2, -0.15) is 0 Å². The van der Waals surface area contributed by atoms with E-state index >= 15 is 0 Å². The molecule has 28 heavy (non-hydrogen) atoms. The van der Waals surface area contributed by atoms with Gasteiger partial charge in [-0.15, -0.1) is 0 Å². The summed E-state index contributed by atoms with van der Waals surface area (Å²) in [6, 6.07) is 15.0. The van der Waals surface area contributed by atoms with Crippen LogP contribution in [-0.4, -0.2) is 18.4 Å². The first-order valence-corrected chi connectivity index (χ1v) is 10.4. The average Bonchev–Trinajstić information content (AvgIpc) is 2.71. The second-order valence-electron chi connectivity index (χ2n) is 6.92. The molecule has 0 aliphatic rings. The smallest absolute Gasteiger partial charge is 0.251 e. The van der Waals surface area contributed by atoms with Crippen LogP contribution in [0, 0.1) is 5.92 Å². The molecule has 2 rings (SSSR count). The number of rotatable bonds is 10. The van der Waals surface area contributed by atoms with E-state index in [0.29, 0.717) is 22.8 Å². The lowest BCUT2D eigenvalue weighted by atomic mass is 9.98. The zero-order valence-electron chi connectivity index (χ0n) is 16.6. The number of carbonyl (C=O) groups is 2. The maximum absolute atomic E-state index is 12.5. The van der Waals surface area contributed by atoms with Crippen LogP contribution in [0.15, 0.2) is 48.5 Å². The van der Waals surface area contributed by atoms with Crippen molar-refractivity contribution in [3.63, 3.8) is 0 Å². The van der Waals surface area contributed by atoms with Gasteiger partial charge in [-0.3, -0.25) is 9.59 Å². The summed E-state index contributed by atoms with van der Waals surface area (Å²) in [5, 5.41) is 6.24. The Balaban J connectivity index is 1.97. The van der Waals surface area contributed by atoms with Crippen molar-refractivity contribution in [1.82, 2.24) is 5.32 Å². The quantitative estimate of drug-likeness (QED) is 0.555. The lowest BCUT2D eigenvalue weighted by Gasteiger charge is -2.16. The van der Waals surface area contributed by atoms with Gasteiger partial charge in [0, 0.05) is 18.0 Å². The summed E-state index contributed by atoms with van der Waals surface area (Å²) in [7, 11) is 0. The Kier molecular flexibility index (Phi) is 9.02. The monoisotopic (exact) mass is 400 g/mol. The predicted molar refractivity (Wildman–Crippen MR) is 116 cm³/mol. The molecule has 4 nitrogen and oxygen atoms in total. The number of nitrogens with one attached hydrogen (secondary N) is 2. The second-order valence-corrected chi connectivity index (χ2v) is 7.33. The highest BCUT2D eigenvalue weighted by Gasteiger charge is 2.18. The van der Waals surface area contributed by atoms with Crippen LogP contribution in [-0.2, 0) is 11.2 Å². The molecule has 0 bridgehead atoms. The summed E-state index contributed by atoms with van der Waals surface area (Å²) in [5.74, 6) is -0.264. The molecule has 2 amide bonds. The van der Waals surface area contributed by atoms with E-state index in [1.54, 1.807) is 18.2 Å². The SMILES string of the molecule is CCCC[C@H](CC)C(=O)Nc1cc(C(=O)NCCc2ccccc2)ccc1Cl. The Morgan fingerprint density at radius 3 is 2.50 bits per heavy atom. The molecule has 0 aliphatic carbocycles. The van der Waals surface area contributed by atoms with Crippen molar-refractivity contribution >= 4 is 29.1 Å². The van der Waals surface area contributed by atoms with E-state index in [4.69, 9.17) is 11.6 Å². The zero-order valence-corrected chi connectivity index (χ0v) is 17.4. The van der Waals surface area contributed by atoms with Crippen LogP contribution in [0.5, 0.6) is 0 Å². The minimum absolute atomic E-state index is 0.0421. The Morgan fingerprint density at radius 1 is 1.07 bits per heavy atom. The molecule has 0 spiro atoms. The molecule has 0 radical (unpaired) electrons. The van der Waals surface area contributed by atoms with Gasteiger partial charge in [0.15, 0.2) is 0 Å². The lowest BCUT2D eigenvalue weighted by Crippen LogP contribution is -2.26. The normalized spacial score (nSPS) is 11.7. The first-order valence-electron chi connectivity index (χ1n) is 9.97. The number of benzene rings is 2. The standard InChI is InChI=1S/C23H29ClN2O2/c1-3-5-11-18(4-2)23(28)26-21-16-19(12-13-20(21)24)22(27)25-15-14-17-9-7-6-8-10-17/h6-10,12-13,16,18H,3-5,11,14-15H2,1-2H3,(H,25,27)(H,26,28)/t18-/m0/s1. The number of halogens is 1. The van der Waals surface area contributed by atoms with Crippen molar-refractivity contribution in [2.45, 2.75) is 46.0 Å². The van der Waals surface area contributed by atoms with Crippen LogP contribution in [0.1, 0.15) is 55.5 Å². The Bertz CT molecular complexity index is 777. The van der Waals surface area contributed by atoms with Gasteiger partial charge in [0.1, 0.15) is 0 Å². The fourth-order valence-electron chi connectivity index (χ4n) is 3.04. The first kappa shape index (κ1) is 22.0. The minimum Gasteiger partial charge on any atom is -0.352 e. The third-order valence-corrected chi connectivity index (χ3v) is 5.13. The van der Waals surface area contributed by atoms with Gasteiger partial charge in [0.25, 0.3) is 5.91 Å². The van der Waals surface area contributed by atoms with E-state index in [-0.39, 0.29) is 17.7 Å². The van der Waals surface area contributed by atoms with Crippen molar-refractivity contribution in [1.29, 1.82) is 0 Å². The fourth-order valence-corrected chi connectivity index (χ4v) is 3.20. The molecule has 0 heterocycles. The highest BCUT2D eigenvalue weighted by molar-refractivity contribution is 6.33. The molecular formula is C23H29ClN2O2. The van der Waals surface area contributed by atoms with E-state index in [2.05, 4.69) is 17.6 Å². The number of hydrogen-bond donors (Lipinski definition) is 2. The van der Waals surface area contributed by atoms with E-state index in [1.807, 2.05) is 37.3 Å². The minimum atomic E-state index is -0.180. The molecule has 0 aromatic heterocycles. The summed E-state index contributed by atoms with van der Waals surface area (Å²) < 4.78 is 0. The first-order chi connectivity index (χ1) is 13.5. The third kappa shape index (κ3) is 6.68. The third-order valence-electron chi connectivity index (χ3n) is 4.80. The summed E-state index contributed by atoms with van der Waals surface area (Å²) in [6.07, 6.45) is 4.48. The van der Waals surface area contributed by atoms with Crippen LogP contribution in [0.25, 0.3) is 0 Å². The molecule has 2 aromatic rings. The van der Waals surface area contributed by atoms with Crippen LogP contribution >= 0.6 is 11.6 Å². The maximum atomic E-state index is 12.5. The molecule has 0 unspecified atom stereocenters. The van der Waals surface area contributed by atoms with Crippen molar-refractivity contribution in [3.8, 4) is 0 Å². The van der Waals surface area contributed by atoms with Gasteiger partial charge in [-0.25, -0.2) is 0 Å². The van der Waals surface area contributed by atoms with E-state index < -0.39 is 0 Å². The van der Waals surface area contributed by atoms with Crippen LogP contribution < -0.4 is 10.6 Å². The van der Waals surface area contributed by atoms with Crippen molar-refractivity contribution < 1.29 is 9.59 Å². The highest BCUT2D eigenvalue weighted by Crippen LogP contribution is 2.25. The summed E-state index contributed by atoms with van der Waals surface area (Å²) in [4.78, 5) is 25.0. The van der Waals surface area contributed by atoms with Crippen molar-refractivity contribution in [3.05, 3.63) is 64.7 Å². The van der Waals surface area contributed by atoms with Gasteiger partial charge in [0.05, 0.1) is 10.7 Å². The predicted octanol–water partition coefficient (Wildman–Crippen LogP) is 5.47. The van der Waals surface area contributed by atoms with Gasteiger partial charge in [-0.05, 0) is 43.0 Å². The molecule has 150 valence electrons. The topological polar surface area (TPSA) is 58.2 Å². The summed E-state index contributed by atoms with van der Waals surface area (Å²) >= 11 is 6.24. The number of unbranched alkanes of at least 4 members (excludes halogenated alkanes) is 1. The molecule has 5 heteroatoms. The molecule has 1 atom stereocenters. The number of carbonyl (C=O) groups excluding carboxylic acids is 2. The number of anilines is 1. The van der Waals surface area contributed by atoms with Crippen LogP contribution in [0.2, 0.25) is 5.02 Å². The molecule has 2 aromatic carbocycles. The number of amides is 2. The van der Waals surface area contributed by atoms with Crippen LogP contribution in [0.3, 0.4) is 0 Å². The molecule has 2 N–H and O–H groups in total. The second kappa shape index (κ2) is 11.5. The average molecular weight is 401 g/mol. The summed E-state index contributed by atoms with van der Waals surface area (Å²) in [5.41, 5.74) is 2.14. The van der Waals surface area contributed by atoms with Gasteiger partial charge >= 0.3 is 0 Å². The van der Waals surface area contributed by atoms with Crippen molar-refractivity contribution in [2.24, 2.45) is 5.92 Å². The van der Waals surface area contributed by atoms with E-state index in [1.165, 1.54) is 5.56 Å². The van der Waals surface area contributed by atoms with E-state index in [9.17, 15) is 9.59 Å². The fraction of sp³-hybridized carbons (Fsp3) is 0.391. The highest BCUT2D eigenvalue weighted by atomic mass is 35.5.